The molecule has 11 heavy (non-hydrogen) atoms. The zero-order valence-corrected chi connectivity index (χ0v) is 7.65. The Hall–Kier alpha value is -0.520. The van der Waals surface area contributed by atoms with Crippen LogP contribution in [-0.2, 0) is 0 Å². The Labute approximate surface area is 69.8 Å². The van der Waals surface area contributed by atoms with Gasteiger partial charge in [-0.3, -0.25) is 0 Å². The standard InChI is InChI=1S/C9H18N2/c1-5-6-10-7-9(4)11-8(2)3/h1,8-11H,6-7H2,2-4H3. The molecule has 0 aromatic rings. The monoisotopic (exact) mass is 154 g/mol. The van der Waals surface area contributed by atoms with Gasteiger partial charge >= 0.3 is 0 Å². The van der Waals surface area contributed by atoms with Crippen LogP contribution in [0.1, 0.15) is 20.8 Å². The number of hydrogen-bond donors (Lipinski definition) is 2. The van der Waals surface area contributed by atoms with Crippen LogP contribution in [0.5, 0.6) is 0 Å². The van der Waals surface area contributed by atoms with Gasteiger partial charge in [-0.15, -0.1) is 6.42 Å². The van der Waals surface area contributed by atoms with Crippen molar-refractivity contribution in [1.82, 2.24) is 10.6 Å². The highest BCUT2D eigenvalue weighted by Gasteiger charge is 2.00. The third-order valence-electron chi connectivity index (χ3n) is 1.30. The Morgan fingerprint density at radius 1 is 1.36 bits per heavy atom. The molecule has 0 amide bonds. The Morgan fingerprint density at radius 2 is 2.00 bits per heavy atom. The predicted molar refractivity (Wildman–Crippen MR) is 49.4 cm³/mol. The van der Waals surface area contributed by atoms with E-state index in [-0.39, 0.29) is 0 Å². The first kappa shape index (κ1) is 10.5. The fraction of sp³-hybridized carbons (Fsp3) is 0.778. The summed E-state index contributed by atoms with van der Waals surface area (Å²) in [4.78, 5) is 0. The molecule has 2 N–H and O–H groups in total. The van der Waals surface area contributed by atoms with Crippen molar-refractivity contribution < 1.29 is 0 Å². The van der Waals surface area contributed by atoms with E-state index in [1.54, 1.807) is 0 Å². The molecule has 0 fully saturated rings. The van der Waals surface area contributed by atoms with Gasteiger partial charge in [0.1, 0.15) is 0 Å². The molecule has 1 atom stereocenters. The van der Waals surface area contributed by atoms with E-state index in [2.05, 4.69) is 37.3 Å². The molecule has 0 radical (unpaired) electrons. The summed E-state index contributed by atoms with van der Waals surface area (Å²) in [6, 6.07) is 1.03. The Bertz CT molecular complexity index is 124. The van der Waals surface area contributed by atoms with Crippen molar-refractivity contribution in [3.05, 3.63) is 0 Å². The van der Waals surface area contributed by atoms with Crippen molar-refractivity contribution in [3.8, 4) is 12.3 Å². The van der Waals surface area contributed by atoms with E-state index in [0.717, 1.165) is 6.54 Å². The average molecular weight is 154 g/mol. The first-order valence-electron chi connectivity index (χ1n) is 4.07. The van der Waals surface area contributed by atoms with Crippen molar-refractivity contribution in [2.75, 3.05) is 13.1 Å². The van der Waals surface area contributed by atoms with Gasteiger partial charge in [-0.1, -0.05) is 19.8 Å². The maximum Gasteiger partial charge on any atom is 0.0574 e. The molecular weight excluding hydrogens is 136 g/mol. The highest BCUT2D eigenvalue weighted by atomic mass is 15.0. The molecule has 1 unspecified atom stereocenters. The minimum atomic E-state index is 0.489. The molecule has 0 spiro atoms. The van der Waals surface area contributed by atoms with Crippen LogP contribution in [0.2, 0.25) is 0 Å². The second kappa shape index (κ2) is 6.21. The van der Waals surface area contributed by atoms with E-state index in [1.165, 1.54) is 0 Å². The van der Waals surface area contributed by atoms with Gasteiger partial charge in [-0.2, -0.15) is 0 Å². The summed E-state index contributed by atoms with van der Waals surface area (Å²) < 4.78 is 0. The first-order valence-corrected chi connectivity index (χ1v) is 4.07. The second-order valence-electron chi connectivity index (χ2n) is 3.06. The van der Waals surface area contributed by atoms with E-state index in [1.807, 2.05) is 0 Å². The van der Waals surface area contributed by atoms with Crippen LogP contribution >= 0.6 is 0 Å². The molecule has 2 nitrogen and oxygen atoms in total. The minimum Gasteiger partial charge on any atom is -0.311 e. The van der Waals surface area contributed by atoms with Crippen LogP contribution in [0.15, 0.2) is 0 Å². The van der Waals surface area contributed by atoms with E-state index >= 15 is 0 Å². The van der Waals surface area contributed by atoms with Crippen LogP contribution in [0, 0.1) is 12.3 Å². The lowest BCUT2D eigenvalue weighted by molar-refractivity contribution is 0.469. The highest BCUT2D eigenvalue weighted by Crippen LogP contribution is 1.83. The van der Waals surface area contributed by atoms with E-state index in [9.17, 15) is 0 Å². The summed E-state index contributed by atoms with van der Waals surface area (Å²) in [6.45, 7) is 8.01. The fourth-order valence-electron chi connectivity index (χ4n) is 0.989. The van der Waals surface area contributed by atoms with Crippen molar-refractivity contribution in [3.63, 3.8) is 0 Å². The molecule has 0 aliphatic heterocycles. The number of hydrogen-bond acceptors (Lipinski definition) is 2. The van der Waals surface area contributed by atoms with Crippen LogP contribution in [0.25, 0.3) is 0 Å². The lowest BCUT2D eigenvalue weighted by atomic mass is 10.3. The minimum absolute atomic E-state index is 0.489. The maximum absolute atomic E-state index is 5.08. The quantitative estimate of drug-likeness (QED) is 0.447. The average Bonchev–Trinajstić information content (AvgIpc) is 1.86. The molecule has 0 aliphatic carbocycles. The molecular formula is C9H18N2. The summed E-state index contributed by atoms with van der Waals surface area (Å²) in [5.74, 6) is 2.54. The molecule has 0 aliphatic rings. The molecule has 64 valence electrons. The van der Waals surface area contributed by atoms with E-state index < -0.39 is 0 Å². The fourth-order valence-corrected chi connectivity index (χ4v) is 0.989. The summed E-state index contributed by atoms with van der Waals surface area (Å²) in [6.07, 6.45) is 5.08. The van der Waals surface area contributed by atoms with Gasteiger partial charge < -0.3 is 10.6 Å². The lowest BCUT2D eigenvalue weighted by Gasteiger charge is -2.16. The van der Waals surface area contributed by atoms with Crippen LogP contribution < -0.4 is 10.6 Å². The Morgan fingerprint density at radius 3 is 2.45 bits per heavy atom. The zero-order valence-electron chi connectivity index (χ0n) is 7.65. The number of rotatable bonds is 5. The number of nitrogens with one attached hydrogen (secondary N) is 2. The van der Waals surface area contributed by atoms with Gasteiger partial charge in [-0.05, 0) is 6.92 Å². The van der Waals surface area contributed by atoms with Crippen molar-refractivity contribution >= 4 is 0 Å². The highest BCUT2D eigenvalue weighted by molar-refractivity contribution is 4.87. The van der Waals surface area contributed by atoms with Crippen molar-refractivity contribution in [2.45, 2.75) is 32.9 Å². The summed E-state index contributed by atoms with van der Waals surface area (Å²) in [7, 11) is 0. The molecule has 0 bridgehead atoms. The maximum atomic E-state index is 5.08. The Kier molecular flexibility index (Phi) is 5.91. The zero-order chi connectivity index (χ0) is 8.69. The third kappa shape index (κ3) is 7.38. The lowest BCUT2D eigenvalue weighted by Crippen LogP contribution is -2.40. The van der Waals surface area contributed by atoms with E-state index in [0.29, 0.717) is 18.6 Å². The molecule has 0 rings (SSSR count). The normalized spacial score (nSPS) is 13.0. The SMILES string of the molecule is C#CCNCC(C)NC(C)C. The second-order valence-corrected chi connectivity index (χ2v) is 3.06. The Balaban J connectivity index is 3.24. The predicted octanol–water partition coefficient (Wildman–Crippen LogP) is 0.596. The van der Waals surface area contributed by atoms with E-state index in [4.69, 9.17) is 6.42 Å². The topological polar surface area (TPSA) is 24.1 Å². The smallest absolute Gasteiger partial charge is 0.0574 e. The van der Waals surface area contributed by atoms with Gasteiger partial charge in [0, 0.05) is 18.6 Å². The van der Waals surface area contributed by atoms with Crippen molar-refractivity contribution in [2.24, 2.45) is 0 Å². The number of terminal acetylenes is 1. The van der Waals surface area contributed by atoms with Gasteiger partial charge in [-0.25, -0.2) is 0 Å². The van der Waals surface area contributed by atoms with Crippen molar-refractivity contribution in [1.29, 1.82) is 0 Å². The molecule has 0 aromatic carbocycles. The van der Waals surface area contributed by atoms with Crippen LogP contribution in [0.4, 0.5) is 0 Å². The summed E-state index contributed by atoms with van der Waals surface area (Å²) in [5.41, 5.74) is 0. The first-order chi connectivity index (χ1) is 5.16. The summed E-state index contributed by atoms with van der Waals surface area (Å²) >= 11 is 0. The molecule has 0 saturated carbocycles. The van der Waals surface area contributed by atoms with Crippen LogP contribution in [-0.4, -0.2) is 25.2 Å². The molecule has 0 saturated heterocycles. The molecule has 0 aromatic heterocycles. The molecule has 2 heteroatoms. The van der Waals surface area contributed by atoms with Crippen LogP contribution in [0.3, 0.4) is 0 Å². The van der Waals surface area contributed by atoms with Gasteiger partial charge in [0.15, 0.2) is 0 Å². The largest absolute Gasteiger partial charge is 0.311 e. The molecule has 0 heterocycles. The van der Waals surface area contributed by atoms with Gasteiger partial charge in [0.2, 0.25) is 0 Å². The summed E-state index contributed by atoms with van der Waals surface area (Å²) in [5, 5.41) is 6.51. The van der Waals surface area contributed by atoms with Gasteiger partial charge in [0.25, 0.3) is 0 Å². The van der Waals surface area contributed by atoms with Gasteiger partial charge in [0.05, 0.1) is 6.54 Å². The third-order valence-corrected chi connectivity index (χ3v) is 1.30.